The number of thiol groups is 1. The van der Waals surface area contributed by atoms with Crippen LogP contribution in [-0.4, -0.2) is 10.3 Å². The molecule has 0 saturated carbocycles. The van der Waals surface area contributed by atoms with E-state index in [0.29, 0.717) is 5.92 Å². The summed E-state index contributed by atoms with van der Waals surface area (Å²) in [4.78, 5) is 0. The Bertz CT molecular complexity index is 207. The van der Waals surface area contributed by atoms with E-state index in [9.17, 15) is 0 Å². The van der Waals surface area contributed by atoms with Gasteiger partial charge < -0.3 is 0 Å². The van der Waals surface area contributed by atoms with E-state index in [-0.39, 0.29) is 5.37 Å². The summed E-state index contributed by atoms with van der Waals surface area (Å²) in [7, 11) is 0. The van der Waals surface area contributed by atoms with Crippen molar-refractivity contribution in [2.24, 2.45) is 0 Å². The number of nitrogens with zero attached hydrogens (tertiary/aromatic N) is 2. The second-order valence-electron chi connectivity index (χ2n) is 2.96. The summed E-state index contributed by atoms with van der Waals surface area (Å²) in [5.41, 5.74) is 1.07. The first kappa shape index (κ1) is 8.59. The molecule has 1 heterocycles. The predicted octanol–water partition coefficient (Wildman–Crippen LogP) is 1.27. The molecule has 1 N–H and O–H groups in total. The molecule has 1 aromatic heterocycles. The number of aromatic nitrogens is 3. The van der Waals surface area contributed by atoms with Crippen LogP contribution < -0.4 is 4.68 Å². The van der Waals surface area contributed by atoms with Gasteiger partial charge in [0.25, 0.3) is 0 Å². The van der Waals surface area contributed by atoms with Crippen molar-refractivity contribution in [1.29, 1.82) is 0 Å². The summed E-state index contributed by atoms with van der Waals surface area (Å²) in [5.74, 6) is 0.472. The largest absolute Gasteiger partial charge is 0.220 e. The highest BCUT2D eigenvalue weighted by molar-refractivity contribution is 7.80. The minimum absolute atomic E-state index is 0.162. The third kappa shape index (κ3) is 1.96. The van der Waals surface area contributed by atoms with Gasteiger partial charge in [0.1, 0.15) is 0 Å². The van der Waals surface area contributed by atoms with E-state index >= 15 is 0 Å². The fraction of sp³-hybridized carbons (Fsp3) is 0.714. The van der Waals surface area contributed by atoms with Crippen LogP contribution in [0.15, 0.2) is 6.20 Å². The van der Waals surface area contributed by atoms with Crippen LogP contribution in [0.2, 0.25) is 0 Å². The number of hydrogen-bond donors (Lipinski definition) is 2. The molecule has 3 nitrogen and oxygen atoms in total. The molecule has 0 aliphatic rings. The molecule has 1 unspecified atom stereocenters. The molecule has 0 aromatic carbocycles. The molecule has 0 spiro atoms. The third-order valence-electron chi connectivity index (χ3n) is 1.56. The van der Waals surface area contributed by atoms with Crippen molar-refractivity contribution < 1.29 is 4.68 Å². The van der Waals surface area contributed by atoms with E-state index in [2.05, 4.69) is 36.8 Å². The van der Waals surface area contributed by atoms with Crippen LogP contribution in [0, 0.1) is 0 Å². The highest BCUT2D eigenvalue weighted by Gasteiger charge is 2.14. The first-order chi connectivity index (χ1) is 5.11. The third-order valence-corrected chi connectivity index (χ3v) is 1.81. The summed E-state index contributed by atoms with van der Waals surface area (Å²) in [6, 6.07) is 0. The van der Waals surface area contributed by atoms with E-state index in [1.54, 1.807) is 0 Å². The Morgan fingerprint density at radius 3 is 2.45 bits per heavy atom. The van der Waals surface area contributed by atoms with Gasteiger partial charge in [-0.3, -0.25) is 0 Å². The molecule has 1 rings (SSSR count). The maximum absolute atomic E-state index is 4.26. The highest BCUT2D eigenvalue weighted by atomic mass is 32.1. The van der Waals surface area contributed by atoms with Crippen molar-refractivity contribution in [3.8, 4) is 0 Å². The Morgan fingerprint density at radius 2 is 2.18 bits per heavy atom. The topological polar surface area (TPSA) is 32.6 Å². The Hall–Kier alpha value is -0.510. The standard InChI is InChI=1S/C7H13N3S/c1-5(2)7-4-10(6(3)11)9-8-7/h4-6,11H,1-3H3/p+1. The maximum atomic E-state index is 4.26. The average molecular weight is 172 g/mol. The number of aromatic amines is 1. The van der Waals surface area contributed by atoms with Crippen LogP contribution >= 0.6 is 12.6 Å². The van der Waals surface area contributed by atoms with E-state index in [4.69, 9.17) is 0 Å². The van der Waals surface area contributed by atoms with Gasteiger partial charge in [-0.25, -0.2) is 0 Å². The first-order valence-electron chi connectivity index (χ1n) is 3.75. The molecule has 0 bridgehead atoms. The first-order valence-corrected chi connectivity index (χ1v) is 4.27. The van der Waals surface area contributed by atoms with Gasteiger partial charge in [0, 0.05) is 11.0 Å². The normalized spacial score (nSPS) is 13.9. The average Bonchev–Trinajstić information content (AvgIpc) is 2.33. The highest BCUT2D eigenvalue weighted by Crippen LogP contribution is 2.08. The van der Waals surface area contributed by atoms with Gasteiger partial charge in [0.15, 0.2) is 11.6 Å². The fourth-order valence-electron chi connectivity index (χ4n) is 0.785. The Labute approximate surface area is 72.2 Å². The summed E-state index contributed by atoms with van der Waals surface area (Å²) >= 11 is 4.26. The number of nitrogens with one attached hydrogen (secondary N) is 1. The van der Waals surface area contributed by atoms with Crippen molar-refractivity contribution in [3.05, 3.63) is 11.9 Å². The lowest BCUT2D eigenvalue weighted by Gasteiger charge is -1.94. The minimum Gasteiger partial charge on any atom is -0.150 e. The zero-order chi connectivity index (χ0) is 8.43. The van der Waals surface area contributed by atoms with Crippen molar-refractivity contribution >= 4 is 12.6 Å². The lowest BCUT2D eigenvalue weighted by atomic mass is 10.2. The van der Waals surface area contributed by atoms with Crippen molar-refractivity contribution in [1.82, 2.24) is 10.3 Å². The van der Waals surface area contributed by atoms with Crippen LogP contribution in [0.4, 0.5) is 0 Å². The molecule has 62 valence electrons. The number of hydrogen-bond acceptors (Lipinski definition) is 2. The molecule has 1 atom stereocenters. The molecule has 0 radical (unpaired) electrons. The number of H-pyrrole nitrogens is 1. The van der Waals surface area contributed by atoms with E-state index in [1.165, 1.54) is 0 Å². The quantitative estimate of drug-likeness (QED) is 0.511. The van der Waals surface area contributed by atoms with Crippen LogP contribution in [0.3, 0.4) is 0 Å². The molecule has 0 aliphatic carbocycles. The van der Waals surface area contributed by atoms with Crippen LogP contribution in [0.25, 0.3) is 0 Å². The van der Waals surface area contributed by atoms with Gasteiger partial charge in [0.2, 0.25) is 5.69 Å². The van der Waals surface area contributed by atoms with Gasteiger partial charge in [-0.2, -0.15) is 0 Å². The Kier molecular flexibility index (Phi) is 2.54. The van der Waals surface area contributed by atoms with E-state index in [0.717, 1.165) is 5.69 Å². The lowest BCUT2D eigenvalue weighted by Crippen LogP contribution is -2.36. The molecule has 0 saturated heterocycles. The van der Waals surface area contributed by atoms with Gasteiger partial charge in [-0.05, 0) is 6.92 Å². The molecule has 4 heteroatoms. The van der Waals surface area contributed by atoms with Crippen molar-refractivity contribution in [2.75, 3.05) is 0 Å². The zero-order valence-corrected chi connectivity index (χ0v) is 7.97. The van der Waals surface area contributed by atoms with Gasteiger partial charge in [-0.15, -0.1) is 17.3 Å². The lowest BCUT2D eigenvalue weighted by molar-refractivity contribution is -0.753. The zero-order valence-electron chi connectivity index (χ0n) is 7.07. The molecule has 0 fully saturated rings. The summed E-state index contributed by atoms with van der Waals surface area (Å²) in [6.07, 6.45) is 1.99. The molecule has 0 aliphatic heterocycles. The second-order valence-corrected chi connectivity index (χ2v) is 3.71. The molecule has 11 heavy (non-hydrogen) atoms. The summed E-state index contributed by atoms with van der Waals surface area (Å²) in [6.45, 7) is 6.22. The summed E-state index contributed by atoms with van der Waals surface area (Å²) in [5, 5.41) is 7.16. The van der Waals surface area contributed by atoms with Gasteiger partial charge in [-0.1, -0.05) is 19.1 Å². The smallest absolute Gasteiger partial charge is 0.150 e. The van der Waals surface area contributed by atoms with Crippen LogP contribution in [0.5, 0.6) is 0 Å². The Morgan fingerprint density at radius 1 is 1.55 bits per heavy atom. The van der Waals surface area contributed by atoms with E-state index < -0.39 is 0 Å². The number of rotatable bonds is 2. The summed E-state index contributed by atoms with van der Waals surface area (Å²) < 4.78 is 1.87. The second kappa shape index (κ2) is 3.26. The monoisotopic (exact) mass is 172 g/mol. The molecule has 1 aromatic rings. The van der Waals surface area contributed by atoms with Crippen LogP contribution in [-0.2, 0) is 0 Å². The molecular formula is C7H14N3S+. The minimum atomic E-state index is 0.162. The van der Waals surface area contributed by atoms with Gasteiger partial charge >= 0.3 is 0 Å². The maximum Gasteiger partial charge on any atom is 0.220 e. The van der Waals surface area contributed by atoms with Gasteiger partial charge in [0.05, 0.1) is 0 Å². The van der Waals surface area contributed by atoms with Crippen LogP contribution in [0.1, 0.15) is 37.8 Å². The van der Waals surface area contributed by atoms with E-state index in [1.807, 2.05) is 17.8 Å². The molecule has 0 amide bonds. The predicted molar refractivity (Wildman–Crippen MR) is 46.6 cm³/mol. The van der Waals surface area contributed by atoms with Crippen molar-refractivity contribution in [2.45, 2.75) is 32.1 Å². The van der Waals surface area contributed by atoms with Crippen molar-refractivity contribution in [3.63, 3.8) is 0 Å². The fourth-order valence-corrected chi connectivity index (χ4v) is 0.904. The molecular weight excluding hydrogens is 158 g/mol. The Balaban J connectivity index is 2.82. The SMILES string of the molecule is CC(C)c1c[n+](C(C)S)[nH]n1.